The highest BCUT2D eigenvalue weighted by molar-refractivity contribution is 6.25. The van der Waals surface area contributed by atoms with Crippen molar-refractivity contribution in [2.45, 2.75) is 13.8 Å². The summed E-state index contributed by atoms with van der Waals surface area (Å²) in [5.41, 5.74) is 7.99. The van der Waals surface area contributed by atoms with Gasteiger partial charge in [-0.1, -0.05) is 66.7 Å². The van der Waals surface area contributed by atoms with E-state index in [0.717, 1.165) is 50.4 Å². The molecule has 0 bridgehead atoms. The summed E-state index contributed by atoms with van der Waals surface area (Å²) in [6, 6.07) is 26.7. The number of halogens is 1. The van der Waals surface area contributed by atoms with Gasteiger partial charge in [0.15, 0.2) is 5.70 Å². The molecule has 0 spiro atoms. The Hall–Kier alpha value is -3.40. The van der Waals surface area contributed by atoms with Gasteiger partial charge < -0.3 is 13.8 Å². The normalized spacial score (nSPS) is 15.1. The molecule has 1 aromatic heterocycles. The smallest absolute Gasteiger partial charge is 0.300 e. The van der Waals surface area contributed by atoms with Crippen molar-refractivity contribution in [3.05, 3.63) is 107 Å². The van der Waals surface area contributed by atoms with Gasteiger partial charge in [0.05, 0.1) is 16.8 Å². The van der Waals surface area contributed by atoms with Crippen LogP contribution in [0.4, 0.5) is 4.32 Å². The monoisotopic (exact) mass is 378 g/mol. The summed E-state index contributed by atoms with van der Waals surface area (Å²) in [7, 11) is 0.672. The Labute approximate surface area is 170 Å². The van der Waals surface area contributed by atoms with Gasteiger partial charge >= 0.3 is 0 Å². The van der Waals surface area contributed by atoms with Crippen molar-refractivity contribution in [1.29, 1.82) is 0 Å². The van der Waals surface area contributed by atoms with Gasteiger partial charge in [0.1, 0.15) is 5.71 Å². The molecule has 3 aromatic carbocycles. The van der Waals surface area contributed by atoms with Crippen LogP contribution in [-0.2, 0) is 0 Å². The zero-order chi connectivity index (χ0) is 20.0. The maximum absolute atomic E-state index is 14.2. The predicted molar refractivity (Wildman–Crippen MR) is 119 cm³/mol. The number of hydrogen-bond donors (Lipinski definition) is 1. The van der Waals surface area contributed by atoms with Gasteiger partial charge in [0.2, 0.25) is 0 Å². The summed E-state index contributed by atoms with van der Waals surface area (Å²) in [4.78, 5) is 3.59. The molecule has 140 valence electrons. The molecule has 2 heterocycles. The fraction of sp³-hybridized carbons (Fsp3) is 0.0800. The number of aryl methyl sites for hydroxylation is 1. The van der Waals surface area contributed by atoms with Gasteiger partial charge in [-0.05, 0) is 24.6 Å². The SMILES string of the molecule is CC1=[N+]([B-]F)/C(=C(/c2ccccc2)c2[nH]c(C)c3ccccc23)c2ccccc21. The van der Waals surface area contributed by atoms with E-state index < -0.39 is 0 Å². The average Bonchev–Trinajstić information content (AvgIpc) is 3.25. The second kappa shape index (κ2) is 6.89. The van der Waals surface area contributed by atoms with Crippen LogP contribution >= 0.6 is 0 Å². The van der Waals surface area contributed by atoms with Crippen LogP contribution in [0.2, 0.25) is 0 Å². The Kier molecular flexibility index (Phi) is 4.20. The van der Waals surface area contributed by atoms with Crippen molar-refractivity contribution >= 4 is 35.4 Å². The molecule has 0 amide bonds. The first-order valence-corrected chi connectivity index (χ1v) is 9.74. The molecule has 2 nitrogen and oxygen atoms in total. The Balaban J connectivity index is 1.95. The molecule has 1 N–H and O–H groups in total. The Morgan fingerprint density at radius 3 is 2.14 bits per heavy atom. The van der Waals surface area contributed by atoms with Crippen molar-refractivity contribution in [1.82, 2.24) is 4.98 Å². The van der Waals surface area contributed by atoms with E-state index in [2.05, 4.69) is 48.3 Å². The third kappa shape index (κ3) is 2.67. The first-order chi connectivity index (χ1) is 14.2. The lowest BCUT2D eigenvalue weighted by Crippen LogP contribution is -2.15. The maximum Gasteiger partial charge on any atom is 0.300 e. The molecule has 1 aliphatic heterocycles. The average molecular weight is 378 g/mol. The number of nitrogens with one attached hydrogen (secondary N) is 1. The number of nitrogens with zero attached hydrogens (tertiary/aromatic N) is 1. The van der Waals surface area contributed by atoms with E-state index in [1.54, 1.807) is 4.49 Å². The van der Waals surface area contributed by atoms with Crippen LogP contribution in [0, 0.1) is 6.92 Å². The largest absolute Gasteiger partial charge is 0.491 e. The van der Waals surface area contributed by atoms with Crippen LogP contribution in [0.25, 0.3) is 22.0 Å². The first-order valence-electron chi connectivity index (χ1n) is 9.74. The summed E-state index contributed by atoms with van der Waals surface area (Å²) in [6.07, 6.45) is 0. The number of H-pyrrole nitrogens is 1. The maximum atomic E-state index is 14.2. The highest BCUT2D eigenvalue weighted by atomic mass is 19.1. The van der Waals surface area contributed by atoms with Crippen LogP contribution in [-0.4, -0.2) is 22.9 Å². The molecule has 5 rings (SSSR count). The van der Waals surface area contributed by atoms with Gasteiger partial charge in [0.25, 0.3) is 7.69 Å². The predicted octanol–water partition coefficient (Wildman–Crippen LogP) is 5.73. The minimum atomic E-state index is 0.672. The fourth-order valence-corrected chi connectivity index (χ4v) is 4.36. The van der Waals surface area contributed by atoms with E-state index in [4.69, 9.17) is 0 Å². The zero-order valence-corrected chi connectivity index (χ0v) is 16.4. The Morgan fingerprint density at radius 1 is 0.793 bits per heavy atom. The highest BCUT2D eigenvalue weighted by Crippen LogP contribution is 2.40. The molecule has 0 atom stereocenters. The van der Waals surface area contributed by atoms with Crippen LogP contribution < -0.4 is 0 Å². The van der Waals surface area contributed by atoms with Gasteiger partial charge in [-0.2, -0.15) is 0 Å². The van der Waals surface area contributed by atoms with E-state index in [-0.39, 0.29) is 0 Å². The zero-order valence-electron chi connectivity index (χ0n) is 16.4. The van der Waals surface area contributed by atoms with Crippen molar-refractivity contribution in [2.24, 2.45) is 0 Å². The van der Waals surface area contributed by atoms with E-state index in [1.165, 1.54) is 5.39 Å². The topological polar surface area (TPSA) is 18.8 Å². The number of aromatic nitrogens is 1. The first kappa shape index (κ1) is 17.7. The summed E-state index contributed by atoms with van der Waals surface area (Å²) in [6.45, 7) is 4.04. The van der Waals surface area contributed by atoms with Crippen LogP contribution in [0.1, 0.15) is 35.0 Å². The molecule has 0 fully saturated rings. The molecular weight excluding hydrogens is 358 g/mol. The summed E-state index contributed by atoms with van der Waals surface area (Å²) >= 11 is 0. The molecule has 4 aromatic rings. The van der Waals surface area contributed by atoms with Crippen molar-refractivity contribution in [3.63, 3.8) is 0 Å². The van der Waals surface area contributed by atoms with Crippen LogP contribution in [0.15, 0.2) is 78.9 Å². The quantitative estimate of drug-likeness (QED) is 0.439. The second-order valence-corrected chi connectivity index (χ2v) is 7.36. The molecule has 1 aliphatic rings. The highest BCUT2D eigenvalue weighted by Gasteiger charge is 2.31. The number of rotatable bonds is 3. The van der Waals surface area contributed by atoms with Gasteiger partial charge in [0, 0.05) is 29.0 Å². The fourth-order valence-electron chi connectivity index (χ4n) is 4.36. The van der Waals surface area contributed by atoms with E-state index >= 15 is 0 Å². The summed E-state index contributed by atoms with van der Waals surface area (Å²) in [5, 5.41) is 2.32. The van der Waals surface area contributed by atoms with E-state index in [1.807, 2.05) is 49.4 Å². The molecule has 4 heteroatoms. The molecule has 29 heavy (non-hydrogen) atoms. The van der Waals surface area contributed by atoms with Gasteiger partial charge in [-0.15, -0.1) is 0 Å². The van der Waals surface area contributed by atoms with Crippen molar-refractivity contribution in [2.75, 3.05) is 0 Å². The third-order valence-electron chi connectivity index (χ3n) is 5.73. The second-order valence-electron chi connectivity index (χ2n) is 7.36. The van der Waals surface area contributed by atoms with Crippen LogP contribution in [0.3, 0.4) is 0 Å². The van der Waals surface area contributed by atoms with E-state index in [9.17, 15) is 4.32 Å². The van der Waals surface area contributed by atoms with Crippen molar-refractivity contribution < 1.29 is 8.80 Å². The number of benzene rings is 3. The lowest BCUT2D eigenvalue weighted by atomic mass is 9.93. The standard InChI is InChI=1S/C25H20BFN2/c1-16-19-12-6-8-14-21(19)24(28-16)23(18-10-4-3-5-11-18)25-22-15-9-7-13-20(22)17(2)29(25)26-27/h3-15,28H,1-2H3/b25-23-. The molecular formula is C25H20BFN2. The number of aromatic amines is 1. The molecule has 0 unspecified atom stereocenters. The van der Waals surface area contributed by atoms with Gasteiger partial charge in [-0.3, -0.25) is 0 Å². The lowest BCUT2D eigenvalue weighted by Gasteiger charge is -2.16. The number of hydrogen-bond acceptors (Lipinski definition) is 0. The molecule has 0 saturated heterocycles. The van der Waals surface area contributed by atoms with Crippen molar-refractivity contribution in [3.8, 4) is 0 Å². The summed E-state index contributed by atoms with van der Waals surface area (Å²) < 4.78 is 15.9. The van der Waals surface area contributed by atoms with Crippen LogP contribution in [0.5, 0.6) is 0 Å². The molecule has 0 aliphatic carbocycles. The minimum Gasteiger partial charge on any atom is -0.491 e. The van der Waals surface area contributed by atoms with E-state index in [0.29, 0.717) is 7.69 Å². The Bertz CT molecular complexity index is 1300. The number of fused-ring (bicyclic) bond motifs is 2. The summed E-state index contributed by atoms with van der Waals surface area (Å²) in [5.74, 6) is 0. The third-order valence-corrected chi connectivity index (χ3v) is 5.73. The van der Waals surface area contributed by atoms with Gasteiger partial charge in [-0.25, -0.2) is 0 Å². The molecule has 0 saturated carbocycles. The minimum absolute atomic E-state index is 0.672. The molecule has 2 radical (unpaired) electrons. The lowest BCUT2D eigenvalue weighted by molar-refractivity contribution is -0.271. The Morgan fingerprint density at radius 2 is 1.41 bits per heavy atom.